The fourth-order valence-corrected chi connectivity index (χ4v) is 2.85. The largest absolute Gasteiger partial charge is 0.343 e. The SMILES string of the molecule is Cn1c(CNC(=O)c2cn(Cc3ccccc3)nn2)nc2ccccc21. The van der Waals surface area contributed by atoms with Gasteiger partial charge in [0.2, 0.25) is 0 Å². The van der Waals surface area contributed by atoms with Gasteiger partial charge in [0.15, 0.2) is 5.69 Å². The molecule has 1 N–H and O–H groups in total. The molecule has 2 aromatic heterocycles. The maximum atomic E-state index is 12.3. The Bertz CT molecular complexity index is 1050. The number of nitrogens with one attached hydrogen (secondary N) is 1. The molecule has 26 heavy (non-hydrogen) atoms. The molecular formula is C19H18N6O. The molecule has 0 atom stereocenters. The summed E-state index contributed by atoms with van der Waals surface area (Å²) in [7, 11) is 1.94. The van der Waals surface area contributed by atoms with E-state index in [0.717, 1.165) is 22.4 Å². The number of fused-ring (bicyclic) bond motifs is 1. The highest BCUT2D eigenvalue weighted by atomic mass is 16.2. The molecule has 4 aromatic rings. The van der Waals surface area contributed by atoms with Crippen molar-refractivity contribution in [2.24, 2.45) is 7.05 Å². The van der Waals surface area contributed by atoms with Gasteiger partial charge in [0.25, 0.3) is 5.91 Å². The minimum atomic E-state index is -0.267. The molecule has 7 heteroatoms. The van der Waals surface area contributed by atoms with Crippen molar-refractivity contribution in [3.63, 3.8) is 0 Å². The second kappa shape index (κ2) is 6.79. The number of hydrogen-bond donors (Lipinski definition) is 1. The van der Waals surface area contributed by atoms with Gasteiger partial charge in [0.1, 0.15) is 5.82 Å². The Morgan fingerprint density at radius 3 is 2.65 bits per heavy atom. The van der Waals surface area contributed by atoms with Crippen LogP contribution in [0.25, 0.3) is 11.0 Å². The summed E-state index contributed by atoms with van der Waals surface area (Å²) in [6.07, 6.45) is 1.65. The van der Waals surface area contributed by atoms with Crippen LogP contribution in [-0.4, -0.2) is 30.5 Å². The lowest BCUT2D eigenvalue weighted by molar-refractivity contribution is 0.0944. The maximum Gasteiger partial charge on any atom is 0.273 e. The lowest BCUT2D eigenvalue weighted by Gasteiger charge is -2.03. The molecule has 0 bridgehead atoms. The fraction of sp³-hybridized carbons (Fsp3) is 0.158. The monoisotopic (exact) mass is 346 g/mol. The Hall–Kier alpha value is -3.48. The number of nitrogens with zero attached hydrogens (tertiary/aromatic N) is 5. The first kappa shape index (κ1) is 16.0. The van der Waals surface area contributed by atoms with Crippen LogP contribution in [0.5, 0.6) is 0 Å². The number of amides is 1. The molecule has 0 saturated carbocycles. The summed E-state index contributed by atoms with van der Waals surface area (Å²) < 4.78 is 3.63. The summed E-state index contributed by atoms with van der Waals surface area (Å²) in [5, 5.41) is 10.8. The highest BCUT2D eigenvalue weighted by Gasteiger charge is 2.13. The highest BCUT2D eigenvalue weighted by Crippen LogP contribution is 2.14. The number of para-hydroxylation sites is 2. The van der Waals surface area contributed by atoms with Crippen molar-refractivity contribution in [1.29, 1.82) is 0 Å². The van der Waals surface area contributed by atoms with Crippen molar-refractivity contribution in [2.45, 2.75) is 13.1 Å². The first-order valence-electron chi connectivity index (χ1n) is 8.33. The average Bonchev–Trinajstić information content (AvgIpc) is 3.26. The van der Waals surface area contributed by atoms with Crippen LogP contribution >= 0.6 is 0 Å². The zero-order valence-electron chi connectivity index (χ0n) is 14.3. The zero-order valence-corrected chi connectivity index (χ0v) is 14.3. The van der Waals surface area contributed by atoms with Gasteiger partial charge in [-0.15, -0.1) is 5.10 Å². The van der Waals surface area contributed by atoms with E-state index in [9.17, 15) is 4.79 Å². The van der Waals surface area contributed by atoms with Gasteiger partial charge in [-0.3, -0.25) is 4.79 Å². The third-order valence-corrected chi connectivity index (χ3v) is 4.25. The lowest BCUT2D eigenvalue weighted by atomic mass is 10.2. The van der Waals surface area contributed by atoms with Crippen LogP contribution in [-0.2, 0) is 20.1 Å². The van der Waals surface area contributed by atoms with Gasteiger partial charge in [0, 0.05) is 7.05 Å². The summed E-state index contributed by atoms with van der Waals surface area (Å²) >= 11 is 0. The van der Waals surface area contributed by atoms with Crippen molar-refractivity contribution in [3.05, 3.63) is 77.9 Å². The molecule has 1 amide bonds. The number of benzene rings is 2. The maximum absolute atomic E-state index is 12.3. The topological polar surface area (TPSA) is 77.6 Å². The molecule has 0 saturated heterocycles. The second-order valence-corrected chi connectivity index (χ2v) is 6.05. The van der Waals surface area contributed by atoms with Crippen molar-refractivity contribution < 1.29 is 4.79 Å². The van der Waals surface area contributed by atoms with E-state index >= 15 is 0 Å². The molecule has 0 aliphatic carbocycles. The van der Waals surface area contributed by atoms with Gasteiger partial charge < -0.3 is 9.88 Å². The summed E-state index contributed by atoms with van der Waals surface area (Å²) in [5.74, 6) is 0.521. The molecular weight excluding hydrogens is 328 g/mol. The summed E-state index contributed by atoms with van der Waals surface area (Å²) in [6, 6.07) is 17.8. The first-order chi connectivity index (χ1) is 12.7. The average molecular weight is 346 g/mol. The molecule has 130 valence electrons. The molecule has 0 spiro atoms. The van der Waals surface area contributed by atoms with E-state index in [1.165, 1.54) is 0 Å². The Kier molecular flexibility index (Phi) is 4.18. The molecule has 7 nitrogen and oxygen atoms in total. The van der Waals surface area contributed by atoms with Crippen LogP contribution in [0.15, 0.2) is 60.8 Å². The number of aryl methyl sites for hydroxylation is 1. The molecule has 2 heterocycles. The molecule has 0 aliphatic rings. The lowest BCUT2D eigenvalue weighted by Crippen LogP contribution is -2.24. The molecule has 0 unspecified atom stereocenters. The Balaban J connectivity index is 1.42. The van der Waals surface area contributed by atoms with Crippen LogP contribution < -0.4 is 5.32 Å². The van der Waals surface area contributed by atoms with Gasteiger partial charge in [-0.1, -0.05) is 47.7 Å². The van der Waals surface area contributed by atoms with E-state index in [1.807, 2.05) is 66.2 Å². The Morgan fingerprint density at radius 1 is 1.08 bits per heavy atom. The quantitative estimate of drug-likeness (QED) is 0.601. The number of rotatable bonds is 5. The minimum absolute atomic E-state index is 0.267. The van der Waals surface area contributed by atoms with Gasteiger partial charge in [0.05, 0.1) is 30.3 Å². The number of hydrogen-bond acceptors (Lipinski definition) is 4. The van der Waals surface area contributed by atoms with E-state index < -0.39 is 0 Å². The van der Waals surface area contributed by atoms with E-state index in [-0.39, 0.29) is 5.91 Å². The molecule has 2 aromatic carbocycles. The van der Waals surface area contributed by atoms with Crippen molar-refractivity contribution >= 4 is 16.9 Å². The van der Waals surface area contributed by atoms with Gasteiger partial charge in [-0.2, -0.15) is 0 Å². The van der Waals surface area contributed by atoms with E-state index in [4.69, 9.17) is 0 Å². The smallest absolute Gasteiger partial charge is 0.273 e. The fourth-order valence-electron chi connectivity index (χ4n) is 2.85. The molecule has 0 aliphatic heterocycles. The standard InChI is InChI=1S/C19H18N6O/c1-24-17-10-6-5-9-15(17)21-18(24)11-20-19(26)16-13-25(23-22-16)12-14-7-3-2-4-8-14/h2-10,13H,11-12H2,1H3,(H,20,26). The van der Waals surface area contributed by atoms with E-state index in [1.54, 1.807) is 10.9 Å². The summed E-state index contributed by atoms with van der Waals surface area (Å²) in [6.45, 7) is 0.904. The molecule has 0 radical (unpaired) electrons. The predicted molar refractivity (Wildman–Crippen MR) is 97.5 cm³/mol. The first-order valence-corrected chi connectivity index (χ1v) is 8.33. The van der Waals surface area contributed by atoms with E-state index in [0.29, 0.717) is 18.8 Å². The second-order valence-electron chi connectivity index (χ2n) is 6.05. The van der Waals surface area contributed by atoms with Gasteiger partial charge >= 0.3 is 0 Å². The number of imidazole rings is 1. The number of aromatic nitrogens is 5. The van der Waals surface area contributed by atoms with Crippen LogP contribution in [0.3, 0.4) is 0 Å². The normalized spacial score (nSPS) is 11.0. The van der Waals surface area contributed by atoms with Crippen LogP contribution in [0.2, 0.25) is 0 Å². The number of carbonyl (C=O) groups is 1. The van der Waals surface area contributed by atoms with Gasteiger partial charge in [-0.05, 0) is 17.7 Å². The van der Waals surface area contributed by atoms with Crippen molar-refractivity contribution in [2.75, 3.05) is 0 Å². The van der Waals surface area contributed by atoms with E-state index in [2.05, 4.69) is 20.6 Å². The van der Waals surface area contributed by atoms with Crippen molar-refractivity contribution in [3.8, 4) is 0 Å². The Morgan fingerprint density at radius 2 is 1.85 bits per heavy atom. The van der Waals surface area contributed by atoms with Crippen LogP contribution in [0, 0.1) is 0 Å². The summed E-state index contributed by atoms with van der Waals surface area (Å²) in [4.78, 5) is 16.9. The van der Waals surface area contributed by atoms with Gasteiger partial charge in [-0.25, -0.2) is 9.67 Å². The highest BCUT2D eigenvalue weighted by molar-refractivity contribution is 5.91. The van der Waals surface area contributed by atoms with Crippen LogP contribution in [0.1, 0.15) is 21.9 Å². The molecule has 0 fully saturated rings. The predicted octanol–water partition coefficient (Wildman–Crippen LogP) is 2.14. The Labute approximate surface area is 150 Å². The van der Waals surface area contributed by atoms with Crippen molar-refractivity contribution in [1.82, 2.24) is 29.9 Å². The molecule has 4 rings (SSSR count). The zero-order chi connectivity index (χ0) is 17.9. The number of carbonyl (C=O) groups excluding carboxylic acids is 1. The third-order valence-electron chi connectivity index (χ3n) is 4.25. The summed E-state index contributed by atoms with van der Waals surface area (Å²) in [5.41, 5.74) is 3.34. The third kappa shape index (κ3) is 3.19. The minimum Gasteiger partial charge on any atom is -0.343 e. The van der Waals surface area contributed by atoms with Crippen LogP contribution in [0.4, 0.5) is 0 Å².